The molecule has 2 N–H and O–H groups in total. The van der Waals surface area contributed by atoms with E-state index in [2.05, 4.69) is 9.97 Å². The number of nitrogens with zero attached hydrogens (tertiary/aromatic N) is 2. The maximum Gasteiger partial charge on any atom is 0.255 e. The summed E-state index contributed by atoms with van der Waals surface area (Å²) < 4.78 is 0. The number of hydrogen-bond acceptors (Lipinski definition) is 2. The molecule has 1 aliphatic heterocycles. The second-order valence-electron chi connectivity index (χ2n) is 6.39. The Kier molecular flexibility index (Phi) is 4.74. The van der Waals surface area contributed by atoms with Crippen molar-refractivity contribution in [2.45, 2.75) is 26.7 Å². The fourth-order valence-corrected chi connectivity index (χ4v) is 3.24. The van der Waals surface area contributed by atoms with Gasteiger partial charge in [-0.15, -0.1) is 0 Å². The molecule has 0 spiro atoms. The highest BCUT2D eigenvalue weighted by atomic mass is 16.2. The maximum atomic E-state index is 12.7. The van der Waals surface area contributed by atoms with E-state index in [-0.39, 0.29) is 11.8 Å². The zero-order valence-electron chi connectivity index (χ0n) is 14.3. The fraction of sp³-hybridized carbons (Fsp3) is 0.444. The largest absolute Gasteiger partial charge is 0.365 e. The van der Waals surface area contributed by atoms with Crippen molar-refractivity contribution in [3.63, 3.8) is 0 Å². The standard InChI is InChI=1S/C18H24N4O2/c1-13-11-16(14(2)20-13)18(24)22-8-4-7-21(9-10-22)17(23)12-15-5-3-6-19-15/h3,5-6,11,19-20H,4,7-10,12H2,1-2H3. The molecule has 0 bridgehead atoms. The monoisotopic (exact) mass is 328 g/mol. The number of nitrogens with one attached hydrogen (secondary N) is 2. The number of amides is 2. The van der Waals surface area contributed by atoms with E-state index in [0.717, 1.165) is 29.1 Å². The highest BCUT2D eigenvalue weighted by Crippen LogP contribution is 2.15. The molecular formula is C18H24N4O2. The molecule has 0 aromatic carbocycles. The lowest BCUT2D eigenvalue weighted by atomic mass is 10.2. The van der Waals surface area contributed by atoms with Crippen LogP contribution < -0.4 is 0 Å². The van der Waals surface area contributed by atoms with E-state index in [4.69, 9.17) is 0 Å². The summed E-state index contributed by atoms with van der Waals surface area (Å²) in [7, 11) is 0. The molecule has 0 radical (unpaired) electrons. The van der Waals surface area contributed by atoms with E-state index in [1.54, 1.807) is 0 Å². The summed E-state index contributed by atoms with van der Waals surface area (Å²) in [5.74, 6) is 0.163. The summed E-state index contributed by atoms with van der Waals surface area (Å²) >= 11 is 0. The molecule has 6 nitrogen and oxygen atoms in total. The Morgan fingerprint density at radius 1 is 1.12 bits per heavy atom. The molecule has 3 heterocycles. The van der Waals surface area contributed by atoms with Crippen LogP contribution in [0.3, 0.4) is 0 Å². The van der Waals surface area contributed by atoms with Crippen LogP contribution in [-0.4, -0.2) is 57.8 Å². The molecule has 1 aliphatic rings. The van der Waals surface area contributed by atoms with Crippen molar-refractivity contribution in [3.8, 4) is 0 Å². The van der Waals surface area contributed by atoms with Gasteiger partial charge >= 0.3 is 0 Å². The first-order chi connectivity index (χ1) is 11.5. The summed E-state index contributed by atoms with van der Waals surface area (Å²) in [6, 6.07) is 5.71. The molecule has 3 rings (SSSR count). The molecule has 1 saturated heterocycles. The van der Waals surface area contributed by atoms with Gasteiger partial charge in [-0.3, -0.25) is 9.59 Å². The molecule has 6 heteroatoms. The van der Waals surface area contributed by atoms with E-state index >= 15 is 0 Å². The van der Waals surface area contributed by atoms with Gasteiger partial charge in [-0.2, -0.15) is 0 Å². The van der Waals surface area contributed by atoms with Crippen molar-refractivity contribution >= 4 is 11.8 Å². The van der Waals surface area contributed by atoms with Gasteiger partial charge < -0.3 is 19.8 Å². The van der Waals surface area contributed by atoms with Gasteiger partial charge in [0.05, 0.1) is 12.0 Å². The summed E-state index contributed by atoms with van der Waals surface area (Å²) in [6.07, 6.45) is 3.02. The number of H-pyrrole nitrogens is 2. The molecule has 0 aliphatic carbocycles. The number of aromatic amines is 2. The quantitative estimate of drug-likeness (QED) is 0.903. The molecule has 0 saturated carbocycles. The van der Waals surface area contributed by atoms with Gasteiger partial charge in [-0.1, -0.05) is 0 Å². The minimum absolute atomic E-state index is 0.0514. The summed E-state index contributed by atoms with van der Waals surface area (Å²) in [5.41, 5.74) is 3.56. The average molecular weight is 328 g/mol. The molecule has 0 atom stereocenters. The Bertz CT molecular complexity index is 717. The fourth-order valence-electron chi connectivity index (χ4n) is 3.24. The first kappa shape index (κ1) is 16.4. The highest BCUT2D eigenvalue weighted by molar-refractivity contribution is 5.95. The lowest BCUT2D eigenvalue weighted by molar-refractivity contribution is -0.130. The van der Waals surface area contributed by atoms with Crippen molar-refractivity contribution in [3.05, 3.63) is 47.0 Å². The third-order valence-corrected chi connectivity index (χ3v) is 4.52. The minimum atomic E-state index is 0.0514. The minimum Gasteiger partial charge on any atom is -0.365 e. The zero-order valence-corrected chi connectivity index (χ0v) is 14.3. The summed E-state index contributed by atoms with van der Waals surface area (Å²) in [5, 5.41) is 0. The SMILES string of the molecule is Cc1cc(C(=O)N2CCCN(C(=O)Cc3ccc[nH]3)CC2)c(C)[nH]1. The van der Waals surface area contributed by atoms with E-state index in [1.165, 1.54) is 0 Å². The Morgan fingerprint density at radius 2 is 1.88 bits per heavy atom. The summed E-state index contributed by atoms with van der Waals surface area (Å²) in [6.45, 7) is 6.44. The van der Waals surface area contributed by atoms with Crippen LogP contribution in [0.4, 0.5) is 0 Å². The van der Waals surface area contributed by atoms with Crippen LogP contribution in [0.15, 0.2) is 24.4 Å². The average Bonchev–Trinajstić information content (AvgIpc) is 3.08. The predicted molar refractivity (Wildman–Crippen MR) is 91.9 cm³/mol. The second kappa shape index (κ2) is 6.95. The lowest BCUT2D eigenvalue weighted by Gasteiger charge is -2.22. The molecule has 2 amide bonds. The zero-order chi connectivity index (χ0) is 17.1. The van der Waals surface area contributed by atoms with E-state index in [0.29, 0.717) is 32.6 Å². The van der Waals surface area contributed by atoms with Gasteiger partial charge in [0, 0.05) is 49.5 Å². The number of carbonyl (C=O) groups is 2. The Hall–Kier alpha value is -2.50. The van der Waals surface area contributed by atoms with E-state index < -0.39 is 0 Å². The van der Waals surface area contributed by atoms with Crippen LogP contribution in [0.2, 0.25) is 0 Å². The Morgan fingerprint density at radius 3 is 2.54 bits per heavy atom. The van der Waals surface area contributed by atoms with Crippen LogP contribution in [0.1, 0.15) is 33.9 Å². The van der Waals surface area contributed by atoms with Crippen molar-refractivity contribution in [2.24, 2.45) is 0 Å². The van der Waals surface area contributed by atoms with Crippen LogP contribution in [0, 0.1) is 13.8 Å². The van der Waals surface area contributed by atoms with Crippen LogP contribution in [0.25, 0.3) is 0 Å². The predicted octanol–water partition coefficient (Wildman–Crippen LogP) is 1.88. The number of hydrogen-bond donors (Lipinski definition) is 2. The van der Waals surface area contributed by atoms with Crippen molar-refractivity contribution in [1.82, 2.24) is 19.8 Å². The molecular weight excluding hydrogens is 304 g/mol. The van der Waals surface area contributed by atoms with E-state index in [1.807, 2.05) is 48.0 Å². The third-order valence-electron chi connectivity index (χ3n) is 4.52. The number of rotatable bonds is 3. The first-order valence-corrected chi connectivity index (χ1v) is 8.40. The molecule has 0 unspecified atom stereocenters. The van der Waals surface area contributed by atoms with Gasteiger partial charge in [0.15, 0.2) is 0 Å². The molecule has 24 heavy (non-hydrogen) atoms. The maximum absolute atomic E-state index is 12.7. The van der Waals surface area contributed by atoms with Gasteiger partial charge in [0.2, 0.25) is 5.91 Å². The normalized spacial score (nSPS) is 15.4. The molecule has 2 aromatic heterocycles. The van der Waals surface area contributed by atoms with Gasteiger partial charge in [0.25, 0.3) is 5.91 Å². The molecule has 128 valence electrons. The Labute approximate surface area is 141 Å². The number of aryl methyl sites for hydroxylation is 2. The molecule has 1 fully saturated rings. The van der Waals surface area contributed by atoms with Crippen molar-refractivity contribution < 1.29 is 9.59 Å². The van der Waals surface area contributed by atoms with E-state index in [9.17, 15) is 9.59 Å². The first-order valence-electron chi connectivity index (χ1n) is 8.40. The lowest BCUT2D eigenvalue weighted by Crippen LogP contribution is -2.38. The summed E-state index contributed by atoms with van der Waals surface area (Å²) in [4.78, 5) is 35.1. The van der Waals surface area contributed by atoms with Crippen molar-refractivity contribution in [2.75, 3.05) is 26.2 Å². The molecule has 2 aromatic rings. The topological polar surface area (TPSA) is 72.2 Å². The number of carbonyl (C=O) groups excluding carboxylic acids is 2. The van der Waals surface area contributed by atoms with Crippen LogP contribution in [-0.2, 0) is 11.2 Å². The van der Waals surface area contributed by atoms with Crippen molar-refractivity contribution in [1.29, 1.82) is 0 Å². The van der Waals surface area contributed by atoms with Gasteiger partial charge in [-0.25, -0.2) is 0 Å². The van der Waals surface area contributed by atoms with Crippen LogP contribution in [0.5, 0.6) is 0 Å². The Balaban J connectivity index is 1.61. The number of aromatic nitrogens is 2. The smallest absolute Gasteiger partial charge is 0.255 e. The van der Waals surface area contributed by atoms with Gasteiger partial charge in [-0.05, 0) is 38.5 Å². The van der Waals surface area contributed by atoms with Crippen LogP contribution >= 0.6 is 0 Å². The van der Waals surface area contributed by atoms with Gasteiger partial charge in [0.1, 0.15) is 0 Å². The highest BCUT2D eigenvalue weighted by Gasteiger charge is 2.24. The third kappa shape index (κ3) is 3.53. The second-order valence-corrected chi connectivity index (χ2v) is 6.39.